The van der Waals surface area contributed by atoms with Crippen molar-refractivity contribution in [2.75, 3.05) is 0 Å². The molecule has 2 nitrogen and oxygen atoms in total. The quantitative estimate of drug-likeness (QED) is 0.780. The second kappa shape index (κ2) is 3.24. The molecule has 17 heavy (non-hydrogen) atoms. The number of carbonyl (C=O) groups excluding carboxylic acids is 1. The molecule has 1 aromatic heterocycles. The molecule has 0 aromatic carbocycles. The van der Waals surface area contributed by atoms with Crippen molar-refractivity contribution in [2.45, 2.75) is 51.5 Å². The molecule has 3 aliphatic carbocycles. The zero-order valence-electron chi connectivity index (χ0n) is 10.2. The van der Waals surface area contributed by atoms with Crippen LogP contribution in [-0.4, -0.2) is 10.4 Å². The average molecular weight is 229 g/mol. The third-order valence-electron chi connectivity index (χ3n) is 5.02. The van der Waals surface area contributed by atoms with E-state index in [9.17, 15) is 4.79 Å². The van der Waals surface area contributed by atoms with Crippen LogP contribution in [-0.2, 0) is 13.0 Å². The standard InChI is InChI=1S/C15H19NO/c17-14-3-1-2-13-12(14)6-9-16(13)10-15(7-8-15)11-4-5-11/h6,9,11H,1-5,7-8,10H2. The van der Waals surface area contributed by atoms with Crippen LogP contribution in [0.15, 0.2) is 12.3 Å². The number of nitrogens with zero attached hydrogens (tertiary/aromatic N) is 1. The fraction of sp³-hybridized carbons (Fsp3) is 0.667. The van der Waals surface area contributed by atoms with Gasteiger partial charge in [0.25, 0.3) is 0 Å². The van der Waals surface area contributed by atoms with Crippen molar-refractivity contribution in [2.24, 2.45) is 11.3 Å². The number of carbonyl (C=O) groups is 1. The fourth-order valence-electron chi connectivity index (χ4n) is 3.63. The summed E-state index contributed by atoms with van der Waals surface area (Å²) in [7, 11) is 0. The molecule has 0 unspecified atom stereocenters. The molecule has 0 spiro atoms. The summed E-state index contributed by atoms with van der Waals surface area (Å²) in [5.41, 5.74) is 2.98. The largest absolute Gasteiger partial charge is 0.350 e. The number of fused-ring (bicyclic) bond motifs is 1. The zero-order valence-corrected chi connectivity index (χ0v) is 10.2. The number of hydrogen-bond donors (Lipinski definition) is 0. The molecule has 0 radical (unpaired) electrons. The molecule has 90 valence electrons. The molecule has 4 rings (SSSR count). The summed E-state index contributed by atoms with van der Waals surface area (Å²) in [6.45, 7) is 1.18. The van der Waals surface area contributed by atoms with Gasteiger partial charge in [-0.2, -0.15) is 0 Å². The Morgan fingerprint density at radius 3 is 2.82 bits per heavy atom. The number of hydrogen-bond acceptors (Lipinski definition) is 1. The lowest BCUT2D eigenvalue weighted by atomic mass is 9.96. The SMILES string of the molecule is O=C1CCCc2c1ccn2CC1(C2CC2)CC1. The van der Waals surface area contributed by atoms with Crippen LogP contribution in [0.25, 0.3) is 0 Å². The molecule has 0 bridgehead atoms. The fourth-order valence-corrected chi connectivity index (χ4v) is 3.63. The molecule has 1 heterocycles. The Balaban J connectivity index is 1.64. The highest BCUT2D eigenvalue weighted by Crippen LogP contribution is 2.62. The smallest absolute Gasteiger partial charge is 0.164 e. The topological polar surface area (TPSA) is 22.0 Å². The van der Waals surface area contributed by atoms with Crippen molar-refractivity contribution in [1.29, 1.82) is 0 Å². The third-order valence-corrected chi connectivity index (χ3v) is 5.02. The Labute approximate surface area is 102 Å². The van der Waals surface area contributed by atoms with Gasteiger partial charge in [0.15, 0.2) is 5.78 Å². The molecule has 2 fully saturated rings. The summed E-state index contributed by atoms with van der Waals surface area (Å²) in [5, 5.41) is 0. The van der Waals surface area contributed by atoms with Gasteiger partial charge >= 0.3 is 0 Å². The van der Waals surface area contributed by atoms with Gasteiger partial charge in [-0.1, -0.05) is 0 Å². The molecule has 0 saturated heterocycles. The van der Waals surface area contributed by atoms with Crippen LogP contribution in [0, 0.1) is 11.3 Å². The maximum absolute atomic E-state index is 11.8. The summed E-state index contributed by atoms with van der Waals surface area (Å²) in [6.07, 6.45) is 10.8. The lowest BCUT2D eigenvalue weighted by molar-refractivity contribution is 0.0971. The number of Topliss-reactive ketones (excluding diaryl/α,β-unsaturated/α-hetero) is 1. The van der Waals surface area contributed by atoms with Crippen LogP contribution in [0.4, 0.5) is 0 Å². The molecule has 2 heteroatoms. The summed E-state index contributed by atoms with van der Waals surface area (Å²) in [4.78, 5) is 11.8. The van der Waals surface area contributed by atoms with Crippen LogP contribution >= 0.6 is 0 Å². The van der Waals surface area contributed by atoms with Gasteiger partial charge in [-0.05, 0) is 55.9 Å². The van der Waals surface area contributed by atoms with Gasteiger partial charge in [-0.15, -0.1) is 0 Å². The van der Waals surface area contributed by atoms with Gasteiger partial charge in [0.1, 0.15) is 0 Å². The van der Waals surface area contributed by atoms with E-state index < -0.39 is 0 Å². The Kier molecular flexibility index (Phi) is 1.89. The number of rotatable bonds is 3. The van der Waals surface area contributed by atoms with Crippen LogP contribution in [0.1, 0.15) is 54.6 Å². The number of ketones is 1. The zero-order chi connectivity index (χ0) is 11.5. The van der Waals surface area contributed by atoms with E-state index in [-0.39, 0.29) is 0 Å². The average Bonchev–Trinajstić information content (AvgIpc) is 3.20. The minimum atomic E-state index is 0.362. The Hall–Kier alpha value is -1.05. The summed E-state index contributed by atoms with van der Waals surface area (Å²) in [5.74, 6) is 1.36. The molecule has 0 aliphatic heterocycles. The monoisotopic (exact) mass is 229 g/mol. The predicted octanol–water partition coefficient (Wildman–Crippen LogP) is 3.20. The molecule has 0 atom stereocenters. The molecule has 3 aliphatic rings. The Morgan fingerprint density at radius 1 is 1.29 bits per heavy atom. The Morgan fingerprint density at radius 2 is 2.12 bits per heavy atom. The van der Waals surface area contributed by atoms with Crippen LogP contribution in [0.5, 0.6) is 0 Å². The van der Waals surface area contributed by atoms with E-state index in [1.165, 1.54) is 37.9 Å². The second-order valence-corrected chi connectivity index (χ2v) is 6.22. The maximum atomic E-state index is 11.8. The van der Waals surface area contributed by atoms with E-state index in [0.29, 0.717) is 11.2 Å². The predicted molar refractivity (Wildman–Crippen MR) is 66.1 cm³/mol. The first-order chi connectivity index (χ1) is 8.28. The summed E-state index contributed by atoms with van der Waals surface area (Å²) < 4.78 is 2.40. The molecular formula is C15H19NO. The maximum Gasteiger partial charge on any atom is 0.164 e. The highest BCUT2D eigenvalue weighted by Gasteiger charge is 2.53. The lowest BCUT2D eigenvalue weighted by Crippen LogP contribution is -2.18. The van der Waals surface area contributed by atoms with Gasteiger partial charge in [-0.25, -0.2) is 0 Å². The van der Waals surface area contributed by atoms with E-state index in [1.807, 2.05) is 0 Å². The molecular weight excluding hydrogens is 210 g/mol. The van der Waals surface area contributed by atoms with Gasteiger partial charge in [-0.3, -0.25) is 4.79 Å². The van der Waals surface area contributed by atoms with E-state index in [0.717, 1.165) is 30.7 Å². The third kappa shape index (κ3) is 1.50. The molecule has 0 amide bonds. The summed E-state index contributed by atoms with van der Waals surface area (Å²) >= 11 is 0. The Bertz CT molecular complexity index is 477. The van der Waals surface area contributed by atoms with Crippen molar-refractivity contribution in [3.05, 3.63) is 23.5 Å². The normalized spacial score (nSPS) is 25.8. The van der Waals surface area contributed by atoms with E-state index in [4.69, 9.17) is 0 Å². The summed E-state index contributed by atoms with van der Waals surface area (Å²) in [6, 6.07) is 2.06. The minimum Gasteiger partial charge on any atom is -0.350 e. The lowest BCUT2D eigenvalue weighted by Gasteiger charge is -2.20. The highest BCUT2D eigenvalue weighted by atomic mass is 16.1. The van der Waals surface area contributed by atoms with Gasteiger partial charge in [0, 0.05) is 30.4 Å². The van der Waals surface area contributed by atoms with Crippen LogP contribution < -0.4 is 0 Å². The first-order valence-electron chi connectivity index (χ1n) is 7.00. The second-order valence-electron chi connectivity index (χ2n) is 6.22. The van der Waals surface area contributed by atoms with E-state index >= 15 is 0 Å². The van der Waals surface area contributed by atoms with Crippen LogP contribution in [0.2, 0.25) is 0 Å². The molecule has 0 N–H and O–H groups in total. The number of aromatic nitrogens is 1. The van der Waals surface area contributed by atoms with Crippen molar-refractivity contribution >= 4 is 5.78 Å². The van der Waals surface area contributed by atoms with Crippen molar-refractivity contribution < 1.29 is 4.79 Å². The highest BCUT2D eigenvalue weighted by molar-refractivity contribution is 5.98. The van der Waals surface area contributed by atoms with Crippen molar-refractivity contribution in [1.82, 2.24) is 4.57 Å². The van der Waals surface area contributed by atoms with Gasteiger partial charge in [0.05, 0.1) is 0 Å². The van der Waals surface area contributed by atoms with Crippen molar-refractivity contribution in [3.63, 3.8) is 0 Å². The molecule has 1 aromatic rings. The van der Waals surface area contributed by atoms with Crippen LogP contribution in [0.3, 0.4) is 0 Å². The first-order valence-corrected chi connectivity index (χ1v) is 7.00. The van der Waals surface area contributed by atoms with Gasteiger partial charge in [0.2, 0.25) is 0 Å². The minimum absolute atomic E-state index is 0.362. The van der Waals surface area contributed by atoms with E-state index in [2.05, 4.69) is 16.8 Å². The first kappa shape index (κ1) is 9.93. The molecule has 2 saturated carbocycles. The van der Waals surface area contributed by atoms with Gasteiger partial charge < -0.3 is 4.57 Å². The van der Waals surface area contributed by atoms with Crippen molar-refractivity contribution in [3.8, 4) is 0 Å². The van der Waals surface area contributed by atoms with E-state index in [1.54, 1.807) is 0 Å².